The molecule has 6 heteroatoms. The van der Waals surface area contributed by atoms with Crippen LogP contribution < -0.4 is 4.74 Å². The zero-order chi connectivity index (χ0) is 20.9. The molecule has 4 rings (SSSR count). The van der Waals surface area contributed by atoms with Crippen molar-refractivity contribution in [2.24, 2.45) is 0 Å². The van der Waals surface area contributed by atoms with Crippen LogP contribution in [-0.2, 0) is 0 Å². The molecule has 0 fully saturated rings. The van der Waals surface area contributed by atoms with E-state index in [0.717, 1.165) is 50.2 Å². The average molecular weight is 424 g/mol. The minimum absolute atomic E-state index is 0.106. The van der Waals surface area contributed by atoms with Crippen molar-refractivity contribution in [2.75, 3.05) is 26.2 Å². The number of aryl methyl sites for hydroxylation is 1. The molecule has 0 radical (unpaired) electrons. The van der Waals surface area contributed by atoms with Gasteiger partial charge in [0.15, 0.2) is 0 Å². The Labute approximate surface area is 182 Å². The van der Waals surface area contributed by atoms with Crippen molar-refractivity contribution < 1.29 is 9.53 Å². The monoisotopic (exact) mass is 423 g/mol. The lowest BCUT2D eigenvalue weighted by Gasteiger charge is -2.27. The first-order chi connectivity index (χ1) is 14.6. The van der Waals surface area contributed by atoms with Crippen LogP contribution in [0.4, 0.5) is 0 Å². The third kappa shape index (κ3) is 4.74. The van der Waals surface area contributed by atoms with Crippen molar-refractivity contribution in [2.45, 2.75) is 26.2 Å². The Kier molecular flexibility index (Phi) is 6.50. The molecule has 1 amide bonds. The van der Waals surface area contributed by atoms with Gasteiger partial charge in [0, 0.05) is 25.8 Å². The van der Waals surface area contributed by atoms with Gasteiger partial charge >= 0.3 is 0 Å². The summed E-state index contributed by atoms with van der Waals surface area (Å²) in [4.78, 5) is 21.5. The summed E-state index contributed by atoms with van der Waals surface area (Å²) in [7, 11) is 0. The highest BCUT2D eigenvalue weighted by molar-refractivity contribution is 6.30. The largest absolute Gasteiger partial charge is 0.461 e. The molecule has 2 aliphatic heterocycles. The molecule has 1 aromatic heterocycles. The van der Waals surface area contributed by atoms with Crippen molar-refractivity contribution >= 4 is 23.1 Å². The van der Waals surface area contributed by atoms with Gasteiger partial charge in [0.2, 0.25) is 0 Å². The van der Waals surface area contributed by atoms with E-state index in [9.17, 15) is 4.79 Å². The van der Waals surface area contributed by atoms with Gasteiger partial charge in [0.1, 0.15) is 17.2 Å². The van der Waals surface area contributed by atoms with Gasteiger partial charge in [0.25, 0.3) is 5.91 Å². The maximum atomic E-state index is 13.0. The second-order valence-corrected chi connectivity index (χ2v) is 8.12. The Morgan fingerprint density at radius 3 is 2.87 bits per heavy atom. The minimum Gasteiger partial charge on any atom is -0.461 e. The van der Waals surface area contributed by atoms with E-state index in [1.165, 1.54) is 11.8 Å². The molecule has 2 aliphatic rings. The van der Waals surface area contributed by atoms with E-state index in [1.807, 2.05) is 43.5 Å². The van der Waals surface area contributed by atoms with Crippen molar-refractivity contribution in [3.63, 3.8) is 0 Å². The van der Waals surface area contributed by atoms with Crippen LogP contribution in [0.25, 0.3) is 5.57 Å². The molecule has 0 spiro atoms. The fourth-order valence-electron chi connectivity index (χ4n) is 3.88. The van der Waals surface area contributed by atoms with Crippen molar-refractivity contribution in [1.29, 1.82) is 0 Å². The lowest BCUT2D eigenvalue weighted by molar-refractivity contribution is 0.0814. The van der Waals surface area contributed by atoms with Gasteiger partial charge < -0.3 is 4.74 Å². The molecule has 0 saturated heterocycles. The summed E-state index contributed by atoms with van der Waals surface area (Å²) in [6.07, 6.45) is 8.49. The molecule has 3 heterocycles. The summed E-state index contributed by atoms with van der Waals surface area (Å²) in [6.45, 7) is 5.49. The maximum absolute atomic E-state index is 13.0. The van der Waals surface area contributed by atoms with Gasteiger partial charge in [-0.25, -0.2) is 0 Å². The number of aromatic nitrogens is 1. The first-order valence-corrected chi connectivity index (χ1v) is 10.8. The Bertz CT molecular complexity index is 972. The number of carbonyl (C=O) groups is 1. The summed E-state index contributed by atoms with van der Waals surface area (Å²) >= 11 is 6.34. The average Bonchev–Trinajstić information content (AvgIpc) is 2.89. The molecule has 0 bridgehead atoms. The van der Waals surface area contributed by atoms with Gasteiger partial charge in [-0.2, -0.15) is 0 Å². The Balaban J connectivity index is 1.31. The summed E-state index contributed by atoms with van der Waals surface area (Å²) in [5, 5.41) is 0.326. The predicted octanol–water partition coefficient (Wildman–Crippen LogP) is 4.83. The van der Waals surface area contributed by atoms with E-state index in [-0.39, 0.29) is 5.91 Å². The third-order valence-electron chi connectivity index (χ3n) is 5.48. The smallest absolute Gasteiger partial charge is 0.262 e. The quantitative estimate of drug-likeness (QED) is 0.493. The van der Waals surface area contributed by atoms with Crippen LogP contribution in [0.15, 0.2) is 60.1 Å². The summed E-state index contributed by atoms with van der Waals surface area (Å²) < 4.78 is 5.59. The van der Waals surface area contributed by atoms with Crippen molar-refractivity contribution in [3.8, 4) is 5.75 Å². The van der Waals surface area contributed by atoms with Crippen LogP contribution >= 0.6 is 11.6 Å². The van der Waals surface area contributed by atoms with Gasteiger partial charge in [-0.15, -0.1) is 0 Å². The van der Waals surface area contributed by atoms with E-state index >= 15 is 0 Å². The topological polar surface area (TPSA) is 45.7 Å². The zero-order valence-electron chi connectivity index (χ0n) is 17.2. The number of rotatable bonds is 6. The molecular formula is C24H26ClN3O2. The number of carbonyl (C=O) groups excluding carboxylic acids is 1. The SMILES string of the molecule is Cc1ccc2c(c1)C(=O)N(CCCCN1CCC=C(c3ccccn3)C1)C(Cl)=CO2. The molecular weight excluding hydrogens is 398 g/mol. The highest BCUT2D eigenvalue weighted by Crippen LogP contribution is 2.28. The number of unbranched alkanes of at least 4 members (excludes halogenated alkanes) is 1. The predicted molar refractivity (Wildman–Crippen MR) is 119 cm³/mol. The number of halogens is 1. The van der Waals surface area contributed by atoms with Crippen LogP contribution in [0.2, 0.25) is 0 Å². The fraction of sp³-hybridized carbons (Fsp3) is 0.333. The summed E-state index contributed by atoms with van der Waals surface area (Å²) in [6, 6.07) is 11.6. The lowest BCUT2D eigenvalue weighted by atomic mass is 10.1. The standard InChI is InChI=1S/C24H26ClN3O2/c1-18-9-10-22-20(15-18)24(29)28(23(25)17-30-22)14-5-4-12-27-13-6-7-19(16-27)21-8-2-3-11-26-21/h2-3,7-11,15,17H,4-6,12-14,16H2,1H3. The Morgan fingerprint density at radius 1 is 1.17 bits per heavy atom. The summed E-state index contributed by atoms with van der Waals surface area (Å²) in [5.74, 6) is 0.444. The third-order valence-corrected chi connectivity index (χ3v) is 5.77. The number of benzene rings is 1. The number of hydrogen-bond acceptors (Lipinski definition) is 4. The number of nitrogens with zero attached hydrogens (tertiary/aromatic N) is 3. The van der Waals surface area contributed by atoms with E-state index in [0.29, 0.717) is 23.0 Å². The molecule has 5 nitrogen and oxygen atoms in total. The number of ether oxygens (including phenoxy) is 1. The van der Waals surface area contributed by atoms with Crippen LogP contribution in [-0.4, -0.2) is 46.9 Å². The number of pyridine rings is 1. The number of hydrogen-bond donors (Lipinski definition) is 0. The zero-order valence-corrected chi connectivity index (χ0v) is 17.9. The Hall–Kier alpha value is -2.63. The van der Waals surface area contributed by atoms with Crippen molar-refractivity contribution in [3.05, 3.63) is 76.9 Å². The lowest BCUT2D eigenvalue weighted by Crippen LogP contribution is -2.32. The highest BCUT2D eigenvalue weighted by Gasteiger charge is 2.25. The van der Waals surface area contributed by atoms with E-state index in [1.54, 1.807) is 4.90 Å². The Morgan fingerprint density at radius 2 is 2.03 bits per heavy atom. The summed E-state index contributed by atoms with van der Waals surface area (Å²) in [5.41, 5.74) is 3.93. The molecule has 156 valence electrons. The number of amides is 1. The molecule has 0 atom stereocenters. The van der Waals surface area contributed by atoms with Crippen LogP contribution in [0.1, 0.15) is 40.9 Å². The van der Waals surface area contributed by atoms with Crippen LogP contribution in [0.5, 0.6) is 5.75 Å². The van der Waals surface area contributed by atoms with Gasteiger partial charge in [-0.3, -0.25) is 19.6 Å². The van der Waals surface area contributed by atoms with Crippen molar-refractivity contribution in [1.82, 2.24) is 14.8 Å². The normalized spacial score (nSPS) is 17.0. The van der Waals surface area contributed by atoms with E-state index in [2.05, 4.69) is 22.0 Å². The molecule has 30 heavy (non-hydrogen) atoms. The second-order valence-electron chi connectivity index (χ2n) is 7.73. The molecule has 2 aromatic rings. The van der Waals surface area contributed by atoms with E-state index < -0.39 is 0 Å². The van der Waals surface area contributed by atoms with Crippen LogP contribution in [0.3, 0.4) is 0 Å². The number of fused-ring (bicyclic) bond motifs is 1. The minimum atomic E-state index is -0.106. The fourth-order valence-corrected chi connectivity index (χ4v) is 4.09. The maximum Gasteiger partial charge on any atom is 0.262 e. The van der Waals surface area contributed by atoms with Gasteiger partial charge in [-0.1, -0.05) is 35.4 Å². The first kappa shape index (κ1) is 20.6. The highest BCUT2D eigenvalue weighted by atomic mass is 35.5. The van der Waals surface area contributed by atoms with Crippen LogP contribution in [0, 0.1) is 6.92 Å². The second kappa shape index (κ2) is 9.45. The molecule has 0 aliphatic carbocycles. The first-order valence-electron chi connectivity index (χ1n) is 10.4. The van der Waals surface area contributed by atoms with E-state index in [4.69, 9.17) is 16.3 Å². The molecule has 0 saturated carbocycles. The molecule has 0 unspecified atom stereocenters. The van der Waals surface area contributed by atoms with Gasteiger partial charge in [0.05, 0.1) is 11.3 Å². The molecule has 1 aromatic carbocycles. The van der Waals surface area contributed by atoms with Gasteiger partial charge in [-0.05, 0) is 62.6 Å². The molecule has 0 N–H and O–H groups in total.